The average Bonchev–Trinajstić information content (AvgIpc) is 3.18. The smallest absolute Gasteiger partial charge is 0.236 e. The van der Waals surface area contributed by atoms with Crippen LogP contribution in [0.25, 0.3) is 11.0 Å². The Morgan fingerprint density at radius 1 is 1.07 bits per heavy atom. The minimum Gasteiger partial charge on any atom is -0.491 e. The topological polar surface area (TPSA) is 118 Å². The number of benzene rings is 2. The Morgan fingerprint density at radius 3 is 2.53 bits per heavy atom. The number of fused-ring (bicyclic) bond motifs is 1. The minimum absolute atomic E-state index is 0.0862. The lowest BCUT2D eigenvalue weighted by Gasteiger charge is -2.23. The van der Waals surface area contributed by atoms with Gasteiger partial charge >= 0.3 is 0 Å². The summed E-state index contributed by atoms with van der Waals surface area (Å²) in [5, 5.41) is 19.0. The van der Waals surface area contributed by atoms with Gasteiger partial charge in [-0.3, -0.25) is 4.90 Å². The molecule has 2 aromatic heterocycles. The third-order valence-corrected chi connectivity index (χ3v) is 4.38. The van der Waals surface area contributed by atoms with E-state index in [1.807, 2.05) is 6.07 Å². The zero-order valence-corrected chi connectivity index (χ0v) is 15.8. The molecule has 0 radical (unpaired) electrons. The molecule has 0 unspecified atom stereocenters. The molecule has 2 aromatic carbocycles. The van der Waals surface area contributed by atoms with Crippen LogP contribution in [0.4, 0.5) is 27.5 Å². The summed E-state index contributed by atoms with van der Waals surface area (Å²) in [6.07, 6.45) is 1.02. The highest BCUT2D eigenvalue weighted by Crippen LogP contribution is 2.35. The fraction of sp³-hybridized carbons (Fsp3) is 0.143. The Bertz CT molecular complexity index is 1160. The lowest BCUT2D eigenvalue weighted by molar-refractivity contribution is 0.201. The van der Waals surface area contributed by atoms with Crippen LogP contribution in [-0.4, -0.2) is 33.4 Å². The molecule has 4 aromatic rings. The maximum absolute atomic E-state index is 13.6. The second-order valence-electron chi connectivity index (χ2n) is 6.40. The van der Waals surface area contributed by atoms with Gasteiger partial charge in [-0.2, -0.15) is 4.98 Å². The Balaban J connectivity index is 1.80. The molecular formula is C21H19FN4O4. The molecule has 0 aliphatic carbocycles. The predicted molar refractivity (Wildman–Crippen MR) is 109 cm³/mol. The van der Waals surface area contributed by atoms with E-state index in [2.05, 4.69) is 9.97 Å². The van der Waals surface area contributed by atoms with Crippen LogP contribution in [-0.2, 0) is 6.61 Å². The zero-order valence-electron chi connectivity index (χ0n) is 15.8. The highest BCUT2D eigenvalue weighted by atomic mass is 19.1. The van der Waals surface area contributed by atoms with Crippen LogP contribution in [0.2, 0.25) is 0 Å². The molecule has 9 heteroatoms. The first-order valence-corrected chi connectivity index (χ1v) is 9.14. The van der Waals surface area contributed by atoms with E-state index >= 15 is 0 Å². The SMILES string of the molecule is Nc1nc(N(c2ccc(OCCO)cc2)c2ccc3oc(CO)cc3c2)ncc1F. The molecule has 0 spiro atoms. The van der Waals surface area contributed by atoms with E-state index in [-0.39, 0.29) is 31.6 Å². The van der Waals surface area contributed by atoms with E-state index in [1.165, 1.54) is 0 Å². The van der Waals surface area contributed by atoms with E-state index < -0.39 is 5.82 Å². The largest absolute Gasteiger partial charge is 0.491 e. The fourth-order valence-corrected chi connectivity index (χ4v) is 3.02. The van der Waals surface area contributed by atoms with Gasteiger partial charge in [0.1, 0.15) is 30.3 Å². The molecule has 2 heterocycles. The van der Waals surface area contributed by atoms with Gasteiger partial charge in [0, 0.05) is 16.8 Å². The predicted octanol–water partition coefficient (Wildman–Crippen LogP) is 3.28. The number of aliphatic hydroxyl groups is 2. The standard InChI is InChI=1S/C21H19FN4O4/c22-18-11-24-21(25-20(18)23)26(14-1-4-16(5-2-14)29-8-7-27)15-3-6-19-13(9-15)10-17(12-28)30-19/h1-6,9-11,27-28H,7-8,12H2,(H2,23,24,25). The molecule has 0 aliphatic rings. The van der Waals surface area contributed by atoms with Gasteiger partial charge in [-0.05, 0) is 48.5 Å². The second-order valence-corrected chi connectivity index (χ2v) is 6.40. The monoisotopic (exact) mass is 410 g/mol. The van der Waals surface area contributed by atoms with Gasteiger partial charge in [-0.25, -0.2) is 9.37 Å². The summed E-state index contributed by atoms with van der Waals surface area (Å²) in [5.74, 6) is 0.249. The van der Waals surface area contributed by atoms with Crippen LogP contribution in [0.1, 0.15) is 5.76 Å². The third-order valence-electron chi connectivity index (χ3n) is 4.38. The number of aromatic nitrogens is 2. The van der Waals surface area contributed by atoms with E-state index in [4.69, 9.17) is 20.0 Å². The van der Waals surface area contributed by atoms with Crippen molar-refractivity contribution in [1.29, 1.82) is 0 Å². The number of furan rings is 1. The van der Waals surface area contributed by atoms with Crippen molar-refractivity contribution in [2.45, 2.75) is 6.61 Å². The van der Waals surface area contributed by atoms with E-state index in [0.717, 1.165) is 11.6 Å². The van der Waals surface area contributed by atoms with Crippen molar-refractivity contribution < 1.29 is 23.8 Å². The van der Waals surface area contributed by atoms with Crippen molar-refractivity contribution in [1.82, 2.24) is 9.97 Å². The quantitative estimate of drug-likeness (QED) is 0.425. The molecule has 0 atom stereocenters. The summed E-state index contributed by atoms with van der Waals surface area (Å²) in [7, 11) is 0. The van der Waals surface area contributed by atoms with Gasteiger partial charge in [0.05, 0.1) is 12.8 Å². The van der Waals surface area contributed by atoms with Crippen LogP contribution in [0.5, 0.6) is 5.75 Å². The number of anilines is 4. The summed E-state index contributed by atoms with van der Waals surface area (Å²) in [6, 6.07) is 14.2. The lowest BCUT2D eigenvalue weighted by Crippen LogP contribution is -2.14. The summed E-state index contributed by atoms with van der Waals surface area (Å²) in [6.45, 7) is -0.108. The summed E-state index contributed by atoms with van der Waals surface area (Å²) < 4.78 is 24.6. The number of rotatable bonds is 7. The van der Waals surface area contributed by atoms with Crippen molar-refractivity contribution >= 4 is 34.1 Å². The van der Waals surface area contributed by atoms with Gasteiger partial charge in [-0.15, -0.1) is 0 Å². The number of halogens is 1. The van der Waals surface area contributed by atoms with Gasteiger partial charge in [-0.1, -0.05) is 0 Å². The third kappa shape index (κ3) is 3.88. The normalized spacial score (nSPS) is 11.0. The fourth-order valence-electron chi connectivity index (χ4n) is 3.02. The second kappa shape index (κ2) is 8.36. The minimum atomic E-state index is -0.704. The van der Waals surface area contributed by atoms with Gasteiger partial charge < -0.3 is 25.1 Å². The van der Waals surface area contributed by atoms with Crippen molar-refractivity contribution in [3.63, 3.8) is 0 Å². The van der Waals surface area contributed by atoms with Crippen molar-refractivity contribution in [2.75, 3.05) is 23.8 Å². The Hall–Kier alpha value is -3.69. The number of hydrogen-bond acceptors (Lipinski definition) is 8. The van der Waals surface area contributed by atoms with Gasteiger partial charge in [0.15, 0.2) is 11.6 Å². The summed E-state index contributed by atoms with van der Waals surface area (Å²) in [4.78, 5) is 9.89. The molecule has 4 N–H and O–H groups in total. The van der Waals surface area contributed by atoms with Crippen molar-refractivity contribution in [3.8, 4) is 5.75 Å². The molecule has 0 saturated carbocycles. The van der Waals surface area contributed by atoms with Crippen LogP contribution >= 0.6 is 0 Å². The average molecular weight is 410 g/mol. The summed E-state index contributed by atoms with van der Waals surface area (Å²) >= 11 is 0. The Kier molecular flexibility index (Phi) is 5.46. The number of nitrogens with two attached hydrogens (primary N) is 1. The number of ether oxygens (including phenoxy) is 1. The van der Waals surface area contributed by atoms with E-state index in [1.54, 1.807) is 47.4 Å². The number of aliphatic hydroxyl groups excluding tert-OH is 2. The summed E-state index contributed by atoms with van der Waals surface area (Å²) in [5.41, 5.74) is 7.65. The molecule has 154 valence electrons. The van der Waals surface area contributed by atoms with Crippen LogP contribution < -0.4 is 15.4 Å². The molecule has 0 aliphatic heterocycles. The maximum Gasteiger partial charge on any atom is 0.236 e. The van der Waals surface area contributed by atoms with Gasteiger partial charge in [0.2, 0.25) is 5.95 Å². The number of hydrogen-bond donors (Lipinski definition) is 3. The molecule has 30 heavy (non-hydrogen) atoms. The Morgan fingerprint density at radius 2 is 1.83 bits per heavy atom. The lowest BCUT2D eigenvalue weighted by atomic mass is 10.2. The maximum atomic E-state index is 13.6. The molecule has 0 amide bonds. The van der Waals surface area contributed by atoms with Crippen LogP contribution in [0, 0.1) is 5.82 Å². The highest BCUT2D eigenvalue weighted by molar-refractivity contribution is 5.85. The first-order valence-electron chi connectivity index (χ1n) is 9.14. The molecular weight excluding hydrogens is 391 g/mol. The first-order chi connectivity index (χ1) is 14.6. The van der Waals surface area contributed by atoms with Crippen molar-refractivity contribution in [3.05, 3.63) is 66.3 Å². The van der Waals surface area contributed by atoms with Crippen LogP contribution in [0.15, 0.2) is 59.1 Å². The Labute approximate surface area is 171 Å². The van der Waals surface area contributed by atoms with Gasteiger partial charge in [0.25, 0.3) is 0 Å². The molecule has 0 saturated heterocycles. The molecule has 0 bridgehead atoms. The van der Waals surface area contributed by atoms with Crippen LogP contribution in [0.3, 0.4) is 0 Å². The molecule has 0 fully saturated rings. The van der Waals surface area contributed by atoms with E-state index in [9.17, 15) is 9.50 Å². The number of nitrogen functional groups attached to an aromatic ring is 1. The number of nitrogens with zero attached hydrogens (tertiary/aromatic N) is 3. The van der Waals surface area contributed by atoms with Crippen molar-refractivity contribution in [2.24, 2.45) is 0 Å². The highest BCUT2D eigenvalue weighted by Gasteiger charge is 2.18. The van der Waals surface area contributed by atoms with E-state index in [0.29, 0.717) is 28.5 Å². The molecule has 4 rings (SSSR count). The zero-order chi connectivity index (χ0) is 21.1. The first kappa shape index (κ1) is 19.6. The molecule has 8 nitrogen and oxygen atoms in total.